The molecule has 0 spiro atoms. The fourth-order valence-electron chi connectivity index (χ4n) is 1.51. The lowest BCUT2D eigenvalue weighted by molar-refractivity contribution is -0.0327. The van der Waals surface area contributed by atoms with E-state index in [4.69, 9.17) is 5.73 Å². The minimum Gasteiger partial charge on any atom is -0.399 e. The lowest BCUT2D eigenvalue weighted by Crippen LogP contribution is -2.24. The Morgan fingerprint density at radius 2 is 2.10 bits per heavy atom. The maximum absolute atomic E-state index is 12.0. The third kappa shape index (κ3) is 5.60. The van der Waals surface area contributed by atoms with E-state index in [9.17, 15) is 18.0 Å². The van der Waals surface area contributed by atoms with Crippen molar-refractivity contribution in [2.45, 2.75) is 12.4 Å². The molecular formula is C12H16F3N3OS. The number of hydrogen-bond acceptors (Lipinski definition) is 4. The van der Waals surface area contributed by atoms with Crippen LogP contribution in [0.25, 0.3) is 0 Å². The normalized spacial score (nSPS) is 11.2. The number of hydrogen-bond donors (Lipinski definition) is 3. The summed E-state index contributed by atoms with van der Waals surface area (Å²) in [5.74, 6) is -0.439. The van der Waals surface area contributed by atoms with Crippen LogP contribution in [0.4, 0.5) is 24.5 Å². The Morgan fingerprint density at radius 1 is 1.40 bits per heavy atom. The molecule has 1 amide bonds. The van der Waals surface area contributed by atoms with Crippen molar-refractivity contribution in [3.8, 4) is 0 Å². The molecule has 4 N–H and O–H groups in total. The minimum atomic E-state index is -4.25. The number of benzene rings is 1. The monoisotopic (exact) mass is 307 g/mol. The molecule has 1 aromatic rings. The summed E-state index contributed by atoms with van der Waals surface area (Å²) < 4.78 is 36.0. The molecule has 1 aromatic carbocycles. The summed E-state index contributed by atoms with van der Waals surface area (Å²) in [5.41, 5.74) is 2.59. The number of nitrogens with two attached hydrogens (primary N) is 1. The van der Waals surface area contributed by atoms with Crippen LogP contribution >= 0.6 is 11.8 Å². The molecule has 0 aliphatic carbocycles. The zero-order chi connectivity index (χ0) is 15.2. The van der Waals surface area contributed by atoms with Gasteiger partial charge in [-0.2, -0.15) is 13.2 Å². The number of nitrogen functional groups attached to an aromatic ring is 1. The van der Waals surface area contributed by atoms with Gasteiger partial charge >= 0.3 is 5.51 Å². The highest BCUT2D eigenvalue weighted by Gasteiger charge is 2.27. The summed E-state index contributed by atoms with van der Waals surface area (Å²) in [6.07, 6.45) is 0. The van der Waals surface area contributed by atoms with E-state index in [0.29, 0.717) is 23.5 Å². The van der Waals surface area contributed by atoms with Gasteiger partial charge in [-0.05, 0) is 36.9 Å². The highest BCUT2D eigenvalue weighted by molar-refractivity contribution is 8.00. The van der Waals surface area contributed by atoms with Crippen LogP contribution in [0.5, 0.6) is 0 Å². The average molecular weight is 307 g/mol. The van der Waals surface area contributed by atoms with Gasteiger partial charge in [0.2, 0.25) is 0 Å². The van der Waals surface area contributed by atoms with E-state index in [1.54, 1.807) is 19.1 Å². The molecule has 0 saturated carbocycles. The molecule has 0 radical (unpaired) electrons. The van der Waals surface area contributed by atoms with Gasteiger partial charge in [0, 0.05) is 30.2 Å². The molecule has 0 aliphatic rings. The van der Waals surface area contributed by atoms with Gasteiger partial charge < -0.3 is 16.4 Å². The summed E-state index contributed by atoms with van der Waals surface area (Å²) >= 11 is -0.113. The molecule has 1 rings (SSSR count). The molecule has 0 heterocycles. The summed E-state index contributed by atoms with van der Waals surface area (Å²) in [6, 6.07) is 4.64. The van der Waals surface area contributed by atoms with E-state index in [0.717, 1.165) is 0 Å². The highest BCUT2D eigenvalue weighted by atomic mass is 32.2. The minimum absolute atomic E-state index is 0.0834. The lowest BCUT2D eigenvalue weighted by Gasteiger charge is -2.13. The van der Waals surface area contributed by atoms with E-state index < -0.39 is 5.51 Å². The van der Waals surface area contributed by atoms with Crippen LogP contribution < -0.4 is 16.4 Å². The SMILES string of the molecule is CCNC(=O)c1ccc(N)cc1NCCSC(F)(F)F. The number of carbonyl (C=O) groups is 1. The third-order valence-corrected chi connectivity index (χ3v) is 3.04. The topological polar surface area (TPSA) is 67.2 Å². The number of anilines is 2. The zero-order valence-electron chi connectivity index (χ0n) is 10.9. The Bertz CT molecular complexity index is 466. The summed E-state index contributed by atoms with van der Waals surface area (Å²) in [7, 11) is 0. The van der Waals surface area contributed by atoms with Crippen molar-refractivity contribution >= 4 is 29.0 Å². The molecule has 0 aromatic heterocycles. The van der Waals surface area contributed by atoms with Gasteiger partial charge in [-0.1, -0.05) is 0 Å². The summed E-state index contributed by atoms with van der Waals surface area (Å²) in [5, 5.41) is 5.44. The lowest BCUT2D eigenvalue weighted by atomic mass is 10.1. The third-order valence-electron chi connectivity index (χ3n) is 2.31. The van der Waals surface area contributed by atoms with Crippen molar-refractivity contribution in [1.29, 1.82) is 0 Å². The number of carbonyl (C=O) groups excluding carboxylic acids is 1. The van der Waals surface area contributed by atoms with Crippen molar-refractivity contribution in [3.05, 3.63) is 23.8 Å². The Labute approximate surface area is 119 Å². The molecule has 8 heteroatoms. The van der Waals surface area contributed by atoms with Crippen LogP contribution in [0.3, 0.4) is 0 Å². The van der Waals surface area contributed by atoms with Crippen LogP contribution in [-0.2, 0) is 0 Å². The predicted molar refractivity (Wildman–Crippen MR) is 75.9 cm³/mol. The molecule has 0 fully saturated rings. The van der Waals surface area contributed by atoms with Crippen LogP contribution in [0, 0.1) is 0 Å². The van der Waals surface area contributed by atoms with Crippen molar-refractivity contribution in [1.82, 2.24) is 5.32 Å². The maximum Gasteiger partial charge on any atom is 0.441 e. The predicted octanol–water partition coefficient (Wildman–Crippen LogP) is 2.68. The number of amides is 1. The molecule has 4 nitrogen and oxygen atoms in total. The first kappa shape index (κ1) is 16.5. The van der Waals surface area contributed by atoms with E-state index in [-0.39, 0.29) is 30.0 Å². The van der Waals surface area contributed by atoms with E-state index in [1.807, 2.05) is 0 Å². The maximum atomic E-state index is 12.0. The number of nitrogens with one attached hydrogen (secondary N) is 2. The van der Waals surface area contributed by atoms with Gasteiger partial charge in [-0.15, -0.1) is 0 Å². The first-order valence-corrected chi connectivity index (χ1v) is 6.94. The fraction of sp³-hybridized carbons (Fsp3) is 0.417. The largest absolute Gasteiger partial charge is 0.441 e. The van der Waals surface area contributed by atoms with Crippen molar-refractivity contribution in [2.75, 3.05) is 29.9 Å². The zero-order valence-corrected chi connectivity index (χ0v) is 11.7. The fourth-order valence-corrected chi connectivity index (χ4v) is 1.95. The van der Waals surface area contributed by atoms with Crippen LogP contribution in [0.1, 0.15) is 17.3 Å². The smallest absolute Gasteiger partial charge is 0.399 e. The molecule has 0 saturated heterocycles. The van der Waals surface area contributed by atoms with Gasteiger partial charge in [0.1, 0.15) is 0 Å². The number of alkyl halides is 3. The van der Waals surface area contributed by atoms with E-state index in [2.05, 4.69) is 10.6 Å². The number of thioether (sulfide) groups is 1. The molecular weight excluding hydrogens is 291 g/mol. The Balaban J connectivity index is 2.68. The van der Waals surface area contributed by atoms with Gasteiger partial charge in [-0.3, -0.25) is 4.79 Å². The van der Waals surface area contributed by atoms with Gasteiger partial charge in [0.25, 0.3) is 5.91 Å². The van der Waals surface area contributed by atoms with E-state index in [1.165, 1.54) is 6.07 Å². The number of rotatable bonds is 6. The van der Waals surface area contributed by atoms with Crippen LogP contribution in [-0.4, -0.2) is 30.3 Å². The Morgan fingerprint density at radius 3 is 2.70 bits per heavy atom. The van der Waals surface area contributed by atoms with Crippen molar-refractivity contribution in [2.24, 2.45) is 0 Å². The molecule has 112 valence electrons. The molecule has 0 aliphatic heterocycles. The van der Waals surface area contributed by atoms with Gasteiger partial charge in [-0.25, -0.2) is 0 Å². The second-order valence-electron chi connectivity index (χ2n) is 3.89. The highest BCUT2D eigenvalue weighted by Crippen LogP contribution is 2.29. The molecule has 0 unspecified atom stereocenters. The molecule has 0 bridgehead atoms. The van der Waals surface area contributed by atoms with Crippen molar-refractivity contribution in [3.63, 3.8) is 0 Å². The molecule has 20 heavy (non-hydrogen) atoms. The number of halogens is 3. The Kier molecular flexibility index (Phi) is 6.00. The summed E-state index contributed by atoms with van der Waals surface area (Å²) in [6.45, 7) is 2.33. The second kappa shape index (κ2) is 7.28. The quantitative estimate of drug-likeness (QED) is 0.558. The standard InChI is InChI=1S/C12H16F3N3OS/c1-2-17-11(19)9-4-3-8(16)7-10(9)18-5-6-20-12(13,14)15/h3-4,7,18H,2,5-6,16H2,1H3,(H,17,19). The van der Waals surface area contributed by atoms with Gasteiger partial charge in [0.15, 0.2) is 0 Å². The molecule has 0 atom stereocenters. The first-order valence-electron chi connectivity index (χ1n) is 5.95. The van der Waals surface area contributed by atoms with Gasteiger partial charge in [0.05, 0.1) is 5.56 Å². The van der Waals surface area contributed by atoms with Crippen molar-refractivity contribution < 1.29 is 18.0 Å². The Hall–Kier alpha value is -1.57. The average Bonchev–Trinajstić information content (AvgIpc) is 2.34. The first-order chi connectivity index (χ1) is 9.33. The van der Waals surface area contributed by atoms with Crippen LogP contribution in [0.2, 0.25) is 0 Å². The second-order valence-corrected chi connectivity index (χ2v) is 5.05. The van der Waals surface area contributed by atoms with E-state index >= 15 is 0 Å². The van der Waals surface area contributed by atoms with Crippen LogP contribution in [0.15, 0.2) is 18.2 Å². The summed E-state index contributed by atoms with van der Waals surface area (Å²) in [4.78, 5) is 11.8.